The largest absolute Gasteiger partial charge is 0.426 e. The molecule has 0 spiro atoms. The Kier molecular flexibility index (Phi) is 3.26. The molecule has 1 N–H and O–H groups in total. The number of imidazole rings is 1. The van der Waals surface area contributed by atoms with Gasteiger partial charge in [-0.2, -0.15) is 4.73 Å². The number of carbonyl (C=O) groups is 1. The van der Waals surface area contributed by atoms with E-state index in [0.717, 1.165) is 47.4 Å². The molecular weight excluding hydrogens is 276 g/mol. The van der Waals surface area contributed by atoms with E-state index in [1.165, 1.54) is 0 Å². The summed E-state index contributed by atoms with van der Waals surface area (Å²) in [5, 5.41) is 10.8. The summed E-state index contributed by atoms with van der Waals surface area (Å²) in [5.41, 5.74) is 2.93. The lowest BCUT2D eigenvalue weighted by molar-refractivity contribution is 0.0970. The molecule has 104 valence electrons. The van der Waals surface area contributed by atoms with Gasteiger partial charge in [0.25, 0.3) is 0 Å². The molecule has 0 saturated heterocycles. The molecule has 1 aliphatic rings. The molecule has 0 bridgehead atoms. The summed E-state index contributed by atoms with van der Waals surface area (Å²) < 4.78 is 0.959. The number of rotatable bonds is 2. The lowest BCUT2D eigenvalue weighted by atomic mass is 10.0. The maximum Gasteiger partial charge on any atom is 0.231 e. The van der Waals surface area contributed by atoms with Crippen LogP contribution in [-0.2, 0) is 12.8 Å². The predicted molar refractivity (Wildman–Crippen MR) is 75.7 cm³/mol. The van der Waals surface area contributed by atoms with Gasteiger partial charge in [0.1, 0.15) is 0 Å². The smallest absolute Gasteiger partial charge is 0.231 e. The molecule has 1 aromatic heterocycles. The van der Waals surface area contributed by atoms with Crippen molar-refractivity contribution in [2.75, 3.05) is 0 Å². The van der Waals surface area contributed by atoms with Crippen LogP contribution in [0.1, 0.15) is 46.0 Å². The molecule has 2 aromatic rings. The van der Waals surface area contributed by atoms with Gasteiger partial charge in [0.2, 0.25) is 11.6 Å². The van der Waals surface area contributed by atoms with Gasteiger partial charge in [0, 0.05) is 10.6 Å². The van der Waals surface area contributed by atoms with Crippen LogP contribution in [0.3, 0.4) is 0 Å². The van der Waals surface area contributed by atoms with Crippen molar-refractivity contribution >= 4 is 17.4 Å². The van der Waals surface area contributed by atoms with Gasteiger partial charge in [-0.25, -0.2) is 4.98 Å². The number of hydrogen-bond acceptors (Lipinski definition) is 3. The summed E-state index contributed by atoms with van der Waals surface area (Å²) in [6.45, 7) is 1.84. The second-order valence-electron chi connectivity index (χ2n) is 5.14. The number of benzene rings is 1. The maximum atomic E-state index is 12.5. The number of fused-ring (bicyclic) bond motifs is 1. The molecule has 3 rings (SSSR count). The van der Waals surface area contributed by atoms with Gasteiger partial charge in [-0.1, -0.05) is 11.6 Å². The summed E-state index contributed by atoms with van der Waals surface area (Å²) >= 11 is 5.96. The van der Waals surface area contributed by atoms with Crippen molar-refractivity contribution in [2.45, 2.75) is 32.6 Å². The summed E-state index contributed by atoms with van der Waals surface area (Å²) in [7, 11) is 0. The Morgan fingerprint density at radius 1 is 1.35 bits per heavy atom. The van der Waals surface area contributed by atoms with Crippen molar-refractivity contribution in [2.24, 2.45) is 0 Å². The Balaban J connectivity index is 2.02. The lowest BCUT2D eigenvalue weighted by Gasteiger charge is -2.09. The van der Waals surface area contributed by atoms with Crippen LogP contribution in [0.2, 0.25) is 5.02 Å². The molecule has 0 saturated carbocycles. The molecule has 0 fully saturated rings. The van der Waals surface area contributed by atoms with E-state index in [1.54, 1.807) is 18.2 Å². The standard InChI is InChI=1S/C15H15ClN2O2/c1-9-8-10(6-7-11(9)16)14(19)15-17-12-4-2-3-5-13(12)18(15)20/h6-8,20H,2-5H2,1H3. The van der Waals surface area contributed by atoms with Crippen molar-refractivity contribution in [1.29, 1.82) is 0 Å². The van der Waals surface area contributed by atoms with Crippen LogP contribution < -0.4 is 0 Å². The highest BCUT2D eigenvalue weighted by atomic mass is 35.5. The van der Waals surface area contributed by atoms with E-state index < -0.39 is 0 Å². The summed E-state index contributed by atoms with van der Waals surface area (Å²) in [5.74, 6) is -0.180. The van der Waals surface area contributed by atoms with E-state index in [0.29, 0.717) is 10.6 Å². The van der Waals surface area contributed by atoms with Crippen molar-refractivity contribution in [3.63, 3.8) is 0 Å². The van der Waals surface area contributed by atoms with Gasteiger partial charge in [0.15, 0.2) is 0 Å². The van der Waals surface area contributed by atoms with Gasteiger partial charge < -0.3 is 5.21 Å². The molecule has 1 heterocycles. The van der Waals surface area contributed by atoms with E-state index in [1.807, 2.05) is 6.92 Å². The molecule has 0 aliphatic heterocycles. The third kappa shape index (κ3) is 2.10. The highest BCUT2D eigenvalue weighted by Crippen LogP contribution is 2.23. The monoisotopic (exact) mass is 290 g/mol. The Hall–Kier alpha value is -1.81. The third-order valence-electron chi connectivity index (χ3n) is 3.73. The fraction of sp³-hybridized carbons (Fsp3) is 0.333. The van der Waals surface area contributed by atoms with Crippen LogP contribution in [0.4, 0.5) is 0 Å². The van der Waals surface area contributed by atoms with Gasteiger partial charge in [0.05, 0.1) is 11.4 Å². The number of hydrogen-bond donors (Lipinski definition) is 1. The van der Waals surface area contributed by atoms with E-state index in [-0.39, 0.29) is 11.6 Å². The van der Waals surface area contributed by atoms with Crippen LogP contribution in [0.25, 0.3) is 0 Å². The van der Waals surface area contributed by atoms with Crippen LogP contribution in [0.5, 0.6) is 0 Å². The molecule has 1 aromatic carbocycles. The molecule has 20 heavy (non-hydrogen) atoms. The lowest BCUT2D eigenvalue weighted by Crippen LogP contribution is -2.12. The third-order valence-corrected chi connectivity index (χ3v) is 4.15. The van der Waals surface area contributed by atoms with Crippen LogP contribution in [-0.4, -0.2) is 20.7 Å². The van der Waals surface area contributed by atoms with E-state index in [9.17, 15) is 10.0 Å². The highest BCUT2D eigenvalue weighted by Gasteiger charge is 2.24. The summed E-state index contributed by atoms with van der Waals surface area (Å²) in [4.78, 5) is 16.8. The number of ketones is 1. The Bertz CT molecular complexity index is 691. The van der Waals surface area contributed by atoms with Crippen LogP contribution >= 0.6 is 11.6 Å². The fourth-order valence-electron chi connectivity index (χ4n) is 2.59. The zero-order valence-electron chi connectivity index (χ0n) is 11.2. The minimum atomic E-state index is -0.276. The van der Waals surface area contributed by atoms with E-state index >= 15 is 0 Å². The molecule has 4 nitrogen and oxygen atoms in total. The quantitative estimate of drug-likeness (QED) is 0.682. The zero-order valence-corrected chi connectivity index (χ0v) is 11.9. The van der Waals surface area contributed by atoms with Gasteiger partial charge >= 0.3 is 0 Å². The average Bonchev–Trinajstić information content (AvgIpc) is 2.79. The molecule has 0 atom stereocenters. The van der Waals surface area contributed by atoms with Crippen molar-refractivity contribution in [1.82, 2.24) is 9.71 Å². The van der Waals surface area contributed by atoms with E-state index in [2.05, 4.69) is 4.98 Å². The Morgan fingerprint density at radius 3 is 2.80 bits per heavy atom. The molecule has 0 radical (unpaired) electrons. The molecule has 0 unspecified atom stereocenters. The van der Waals surface area contributed by atoms with E-state index in [4.69, 9.17) is 11.6 Å². The first-order valence-electron chi connectivity index (χ1n) is 6.68. The summed E-state index contributed by atoms with van der Waals surface area (Å²) in [6, 6.07) is 5.07. The number of aromatic nitrogens is 2. The first-order chi connectivity index (χ1) is 9.58. The number of nitrogens with zero attached hydrogens (tertiary/aromatic N) is 2. The van der Waals surface area contributed by atoms with Gasteiger partial charge in [-0.15, -0.1) is 0 Å². The van der Waals surface area contributed by atoms with Crippen molar-refractivity contribution in [3.05, 3.63) is 51.6 Å². The number of halogens is 1. The van der Waals surface area contributed by atoms with Crippen LogP contribution in [0, 0.1) is 6.92 Å². The second kappa shape index (κ2) is 4.94. The first kappa shape index (κ1) is 13.2. The first-order valence-corrected chi connectivity index (χ1v) is 7.06. The fourth-order valence-corrected chi connectivity index (χ4v) is 2.70. The highest BCUT2D eigenvalue weighted by molar-refractivity contribution is 6.31. The van der Waals surface area contributed by atoms with Crippen LogP contribution in [0.15, 0.2) is 18.2 Å². The number of carbonyl (C=O) groups excluding carboxylic acids is 1. The van der Waals surface area contributed by atoms with Gasteiger partial charge in [-0.3, -0.25) is 4.79 Å². The van der Waals surface area contributed by atoms with Gasteiger partial charge in [-0.05, 0) is 56.4 Å². The molecule has 0 amide bonds. The molecule has 1 aliphatic carbocycles. The van der Waals surface area contributed by atoms with Crippen molar-refractivity contribution in [3.8, 4) is 0 Å². The predicted octanol–water partition coefficient (Wildman–Crippen LogP) is 3.19. The minimum absolute atomic E-state index is 0.0959. The average molecular weight is 291 g/mol. The topological polar surface area (TPSA) is 55.1 Å². The summed E-state index contributed by atoms with van der Waals surface area (Å²) in [6.07, 6.45) is 3.67. The molecular formula is C15H15ClN2O2. The van der Waals surface area contributed by atoms with Crippen molar-refractivity contribution < 1.29 is 10.0 Å². The Morgan fingerprint density at radius 2 is 2.10 bits per heavy atom. The number of aryl methyl sites for hydroxylation is 2. The minimum Gasteiger partial charge on any atom is -0.426 e. The normalized spacial score (nSPS) is 14.1. The molecule has 5 heteroatoms. The Labute approximate surface area is 122 Å². The SMILES string of the molecule is Cc1cc(C(=O)c2nc3c(n2O)CCCC3)ccc1Cl. The second-order valence-corrected chi connectivity index (χ2v) is 5.55. The zero-order chi connectivity index (χ0) is 14.3. The maximum absolute atomic E-state index is 12.5.